The molecule has 1 aliphatic heterocycles. The number of nitrogens with one attached hydrogen (secondary N) is 1. The molecule has 0 spiro atoms. The number of phenolic OH excluding ortho intramolecular Hbond substituents is 2. The molecule has 9 heteroatoms. The molecule has 33 heavy (non-hydrogen) atoms. The van der Waals surface area contributed by atoms with Crippen molar-refractivity contribution < 1.29 is 19.5 Å². The highest BCUT2D eigenvalue weighted by atomic mass is 35.5. The van der Waals surface area contributed by atoms with E-state index < -0.39 is 0 Å². The van der Waals surface area contributed by atoms with Gasteiger partial charge in [-0.1, -0.05) is 35.0 Å². The number of hydrogen-bond donors (Lipinski definition) is 3. The molecular formula is C24H27ClN4O4. The molecule has 0 aliphatic carbocycles. The molecule has 1 fully saturated rings. The lowest BCUT2D eigenvalue weighted by molar-refractivity contribution is 0.0947. The minimum atomic E-state index is -0.378. The van der Waals surface area contributed by atoms with Crippen LogP contribution in [0.15, 0.2) is 40.9 Å². The number of likely N-dealkylation sites (N-methyl/N-ethyl adjacent to an activating group) is 1. The van der Waals surface area contributed by atoms with Crippen LogP contribution in [0.4, 0.5) is 0 Å². The van der Waals surface area contributed by atoms with Crippen molar-refractivity contribution in [3.8, 4) is 33.9 Å². The fraction of sp³-hybridized carbons (Fsp3) is 0.333. The van der Waals surface area contributed by atoms with Crippen molar-refractivity contribution in [2.24, 2.45) is 0 Å². The van der Waals surface area contributed by atoms with E-state index in [1.165, 1.54) is 6.07 Å². The summed E-state index contributed by atoms with van der Waals surface area (Å²) in [7, 11) is 2.12. The number of carbonyl (C=O) groups is 1. The maximum absolute atomic E-state index is 12.7. The van der Waals surface area contributed by atoms with E-state index in [9.17, 15) is 15.0 Å². The highest BCUT2D eigenvalue weighted by Crippen LogP contribution is 2.43. The van der Waals surface area contributed by atoms with Gasteiger partial charge in [-0.05, 0) is 37.2 Å². The van der Waals surface area contributed by atoms with Crippen LogP contribution in [-0.4, -0.2) is 70.8 Å². The first-order chi connectivity index (χ1) is 15.9. The fourth-order valence-corrected chi connectivity index (χ4v) is 4.13. The van der Waals surface area contributed by atoms with E-state index in [1.807, 2.05) is 25.1 Å². The number of aromatic hydroxyl groups is 2. The van der Waals surface area contributed by atoms with Crippen molar-refractivity contribution in [1.82, 2.24) is 20.3 Å². The summed E-state index contributed by atoms with van der Waals surface area (Å²) in [5.74, 6) is -0.661. The molecule has 3 aromatic rings. The van der Waals surface area contributed by atoms with Crippen molar-refractivity contribution >= 4 is 17.5 Å². The monoisotopic (exact) mass is 469 g/mol. The van der Waals surface area contributed by atoms with Gasteiger partial charge in [-0.3, -0.25) is 9.69 Å². The van der Waals surface area contributed by atoms with Gasteiger partial charge in [-0.2, -0.15) is 0 Å². The molecule has 1 aromatic heterocycles. The summed E-state index contributed by atoms with van der Waals surface area (Å²) in [4.78, 5) is 17.4. The zero-order valence-corrected chi connectivity index (χ0v) is 19.4. The molecular weight excluding hydrogens is 443 g/mol. The normalized spacial score (nSPS) is 15.0. The van der Waals surface area contributed by atoms with Crippen molar-refractivity contribution in [3.05, 3.63) is 52.7 Å². The Bertz CT molecular complexity index is 1160. The quantitative estimate of drug-likeness (QED) is 0.507. The van der Waals surface area contributed by atoms with E-state index in [0.717, 1.165) is 49.9 Å². The van der Waals surface area contributed by atoms with Crippen LogP contribution in [0.1, 0.15) is 23.0 Å². The number of aromatic nitrogens is 1. The predicted octanol–water partition coefficient (Wildman–Crippen LogP) is 3.57. The van der Waals surface area contributed by atoms with E-state index in [2.05, 4.69) is 33.4 Å². The Morgan fingerprint density at radius 3 is 2.64 bits per heavy atom. The lowest BCUT2D eigenvalue weighted by atomic mass is 9.97. The molecule has 0 radical (unpaired) electrons. The van der Waals surface area contributed by atoms with Crippen LogP contribution in [0.5, 0.6) is 11.5 Å². The van der Waals surface area contributed by atoms with Crippen LogP contribution in [0, 0.1) is 0 Å². The summed E-state index contributed by atoms with van der Waals surface area (Å²) in [6.07, 6.45) is 0. The smallest absolute Gasteiger partial charge is 0.274 e. The number of rotatable bonds is 6. The number of carbonyl (C=O) groups excluding carboxylic acids is 1. The average molecular weight is 470 g/mol. The third-order valence-electron chi connectivity index (χ3n) is 5.77. The van der Waals surface area contributed by atoms with Gasteiger partial charge in [0.05, 0.1) is 16.1 Å². The third kappa shape index (κ3) is 4.98. The molecule has 174 valence electrons. The van der Waals surface area contributed by atoms with Gasteiger partial charge < -0.3 is 25.0 Å². The summed E-state index contributed by atoms with van der Waals surface area (Å²) >= 11 is 6.09. The molecule has 1 aliphatic rings. The fourth-order valence-electron chi connectivity index (χ4n) is 3.96. The minimum Gasteiger partial charge on any atom is -0.507 e. The van der Waals surface area contributed by atoms with Crippen LogP contribution in [0.25, 0.3) is 22.5 Å². The van der Waals surface area contributed by atoms with E-state index >= 15 is 0 Å². The van der Waals surface area contributed by atoms with E-state index in [4.69, 9.17) is 16.1 Å². The number of benzene rings is 2. The second-order valence-corrected chi connectivity index (χ2v) is 8.60. The van der Waals surface area contributed by atoms with Crippen LogP contribution in [0.2, 0.25) is 5.02 Å². The summed E-state index contributed by atoms with van der Waals surface area (Å²) in [5, 5.41) is 27.1. The molecule has 0 unspecified atom stereocenters. The molecule has 0 saturated carbocycles. The maximum Gasteiger partial charge on any atom is 0.274 e. The number of amides is 1. The Hall–Kier alpha value is -3.07. The number of phenols is 2. The van der Waals surface area contributed by atoms with Gasteiger partial charge in [-0.15, -0.1) is 0 Å². The molecule has 3 N–H and O–H groups in total. The Labute approximate surface area is 197 Å². The standard InChI is InChI=1S/C24H27ClN4O4/c1-3-26-24(32)22-21(23(33-27-22)17-12-18(25)20(31)13-19(17)30)16-6-4-5-15(11-16)14-29-9-7-28(2)8-10-29/h4-6,11-13,30-31H,3,7-10,14H2,1-2H3,(H,26,32)/i2-1. The van der Waals surface area contributed by atoms with Crippen LogP contribution < -0.4 is 5.32 Å². The largest absolute Gasteiger partial charge is 0.507 e. The van der Waals surface area contributed by atoms with Crippen molar-refractivity contribution in [1.29, 1.82) is 0 Å². The van der Waals surface area contributed by atoms with Crippen LogP contribution in [-0.2, 0) is 6.54 Å². The number of halogens is 1. The summed E-state index contributed by atoms with van der Waals surface area (Å²) < 4.78 is 5.55. The Kier molecular flexibility index (Phi) is 6.88. The van der Waals surface area contributed by atoms with E-state index in [0.29, 0.717) is 12.1 Å². The first kappa shape index (κ1) is 23.1. The highest BCUT2D eigenvalue weighted by Gasteiger charge is 2.27. The topological polar surface area (TPSA) is 102 Å². The summed E-state index contributed by atoms with van der Waals surface area (Å²) in [5.41, 5.74) is 2.65. The maximum atomic E-state index is 12.7. The van der Waals surface area contributed by atoms with E-state index in [1.54, 1.807) is 0 Å². The predicted molar refractivity (Wildman–Crippen MR) is 126 cm³/mol. The van der Waals surface area contributed by atoms with Crippen molar-refractivity contribution in [2.45, 2.75) is 13.5 Å². The molecule has 1 saturated heterocycles. The number of piperazine rings is 1. The Morgan fingerprint density at radius 2 is 1.91 bits per heavy atom. The molecule has 2 heterocycles. The first-order valence-corrected chi connectivity index (χ1v) is 11.2. The zero-order valence-electron chi connectivity index (χ0n) is 18.6. The Balaban J connectivity index is 1.77. The zero-order chi connectivity index (χ0) is 23.5. The van der Waals surface area contributed by atoms with Crippen molar-refractivity contribution in [2.75, 3.05) is 39.8 Å². The second-order valence-electron chi connectivity index (χ2n) is 8.20. The van der Waals surface area contributed by atoms with Crippen molar-refractivity contribution in [3.63, 3.8) is 0 Å². The highest BCUT2D eigenvalue weighted by molar-refractivity contribution is 6.32. The lowest BCUT2D eigenvalue weighted by Crippen LogP contribution is -2.43. The minimum absolute atomic E-state index is 0.0496. The summed E-state index contributed by atoms with van der Waals surface area (Å²) in [6, 6.07) is 10.4. The number of nitrogens with zero attached hydrogens (tertiary/aromatic N) is 3. The van der Waals surface area contributed by atoms with Gasteiger partial charge in [0.25, 0.3) is 5.91 Å². The van der Waals surface area contributed by atoms with Gasteiger partial charge in [0, 0.05) is 45.3 Å². The van der Waals surface area contributed by atoms with Gasteiger partial charge in [0.2, 0.25) is 0 Å². The van der Waals surface area contributed by atoms with Gasteiger partial charge in [0.1, 0.15) is 11.5 Å². The lowest BCUT2D eigenvalue weighted by Gasteiger charge is -2.32. The van der Waals surface area contributed by atoms with E-state index in [-0.39, 0.29) is 39.4 Å². The first-order valence-electron chi connectivity index (χ1n) is 10.9. The van der Waals surface area contributed by atoms with Gasteiger partial charge >= 0.3 is 0 Å². The second kappa shape index (κ2) is 9.82. The molecule has 0 bridgehead atoms. The number of hydrogen-bond acceptors (Lipinski definition) is 7. The summed E-state index contributed by atoms with van der Waals surface area (Å²) in [6.45, 7) is 7.07. The van der Waals surface area contributed by atoms with Gasteiger partial charge in [0.15, 0.2) is 11.5 Å². The Morgan fingerprint density at radius 1 is 1.15 bits per heavy atom. The molecule has 2 aromatic carbocycles. The van der Waals surface area contributed by atoms with Gasteiger partial charge in [-0.25, -0.2) is 0 Å². The van der Waals surface area contributed by atoms with Crippen LogP contribution in [0.3, 0.4) is 0 Å². The SMILES string of the molecule is CCNC(=O)c1noc(-c2cc(Cl)c(O)cc2O)c1-c1cccc(CN2CCN([11CH3])CC2)c1. The average Bonchev–Trinajstić information content (AvgIpc) is 3.23. The third-order valence-corrected chi connectivity index (χ3v) is 6.07. The molecule has 4 rings (SSSR count). The molecule has 1 amide bonds. The van der Waals surface area contributed by atoms with Crippen LogP contribution >= 0.6 is 11.6 Å². The molecule has 8 nitrogen and oxygen atoms in total. The molecule has 0 atom stereocenters.